The van der Waals surface area contributed by atoms with Gasteiger partial charge in [-0.1, -0.05) is 163 Å². The molecule has 386 valence electrons. The molecule has 2 fully saturated rings. The molecule has 0 aliphatic carbocycles. The van der Waals surface area contributed by atoms with Gasteiger partial charge in [-0.3, -0.25) is 0 Å². The molecule has 6 aromatic rings. The lowest BCUT2D eigenvalue weighted by Gasteiger charge is -2.39. The number of rotatable bonds is 13. The molecular formula is C59H64O13Si2. The molecule has 10 rings (SSSR count). The van der Waals surface area contributed by atoms with E-state index in [1.807, 2.05) is 121 Å². The molecule has 5 atom stereocenters. The second kappa shape index (κ2) is 18.9. The highest BCUT2D eigenvalue weighted by molar-refractivity contribution is 6.75. The van der Waals surface area contributed by atoms with E-state index in [4.69, 9.17) is 51.5 Å². The lowest BCUT2D eigenvalue weighted by Crippen LogP contribution is -2.57. The molecule has 6 aromatic carbocycles. The molecular weight excluding hydrogens is 973 g/mol. The third kappa shape index (κ3) is 9.12. The van der Waals surface area contributed by atoms with Crippen LogP contribution in [0.4, 0.5) is 0 Å². The molecule has 4 heterocycles. The minimum absolute atomic E-state index is 0.0453. The molecule has 4 aliphatic rings. The minimum atomic E-state index is -2.56. The van der Waals surface area contributed by atoms with Crippen LogP contribution in [0.5, 0.6) is 34.5 Å². The van der Waals surface area contributed by atoms with E-state index >= 15 is 0 Å². The number of carbonyl (C=O) groups is 2. The highest BCUT2D eigenvalue weighted by Crippen LogP contribution is 2.56. The Morgan fingerprint density at radius 2 is 0.878 bits per heavy atom. The number of esters is 2. The monoisotopic (exact) mass is 1040 g/mol. The van der Waals surface area contributed by atoms with E-state index in [0.29, 0.717) is 34.5 Å². The molecule has 0 spiro atoms. The molecule has 0 radical (unpaired) electrons. The molecule has 0 saturated carbocycles. The van der Waals surface area contributed by atoms with Crippen molar-refractivity contribution >= 4 is 28.6 Å². The summed E-state index contributed by atoms with van der Waals surface area (Å²) in [6.07, 6.45) is -5.06. The van der Waals surface area contributed by atoms with E-state index in [-0.39, 0.29) is 27.8 Å². The first-order chi connectivity index (χ1) is 35.1. The first-order valence-corrected chi connectivity index (χ1v) is 30.9. The standard InChI is InChI=1S/C59H64O13Si2/c1-56(2,3)73(8,9)71-45-34-37(32-43-48(45)69-58(67-43,39-24-16-12-17-25-39)40-26-18-13-19-27-40)53(60)65-50-47-36-63-55(64-47)52(51(50)62-7)66-54(61)38-33-44-49(46(35-38)72-74(10,11)57(4,5)6)70-59(68-44,41-28-20-14-21-29-41)42-30-22-15-23-31-42/h12-35,47,50-52,55H,36H2,1-11H3/t47-,50-,51+,52-,55+/m1/s1. The molecule has 2 bridgehead atoms. The summed E-state index contributed by atoms with van der Waals surface area (Å²) in [5.74, 6) is -2.26. The second-order valence-corrected chi connectivity index (χ2v) is 31.7. The predicted octanol–water partition coefficient (Wildman–Crippen LogP) is 12.3. The molecule has 13 nitrogen and oxygen atoms in total. The first-order valence-electron chi connectivity index (χ1n) is 25.1. The van der Waals surface area contributed by atoms with Crippen LogP contribution >= 0.6 is 0 Å². The van der Waals surface area contributed by atoms with Crippen molar-refractivity contribution in [3.8, 4) is 34.5 Å². The van der Waals surface area contributed by atoms with Crippen molar-refractivity contribution in [2.45, 2.75) is 120 Å². The maximum atomic E-state index is 14.7. The zero-order valence-corrected chi connectivity index (χ0v) is 45.8. The van der Waals surface area contributed by atoms with Gasteiger partial charge in [0.25, 0.3) is 16.6 Å². The van der Waals surface area contributed by atoms with E-state index in [9.17, 15) is 9.59 Å². The Morgan fingerprint density at radius 1 is 0.514 bits per heavy atom. The second-order valence-electron chi connectivity index (χ2n) is 22.2. The largest absolute Gasteiger partial charge is 0.541 e. The van der Waals surface area contributed by atoms with Crippen molar-refractivity contribution in [1.82, 2.24) is 0 Å². The number of ether oxygens (including phenoxy) is 9. The highest BCUT2D eigenvalue weighted by atomic mass is 28.4. The number of hydrogen-bond acceptors (Lipinski definition) is 13. The minimum Gasteiger partial charge on any atom is -0.541 e. The van der Waals surface area contributed by atoms with E-state index in [1.165, 1.54) is 7.11 Å². The Balaban J connectivity index is 0.968. The van der Waals surface area contributed by atoms with E-state index < -0.39 is 70.9 Å². The number of fused-ring (bicyclic) bond motifs is 4. The van der Waals surface area contributed by atoms with Gasteiger partial charge in [-0.05, 0) is 60.5 Å². The third-order valence-corrected chi connectivity index (χ3v) is 23.9. The van der Waals surface area contributed by atoms with Gasteiger partial charge >= 0.3 is 23.5 Å². The van der Waals surface area contributed by atoms with Gasteiger partial charge in [-0.25, -0.2) is 9.59 Å². The molecule has 2 saturated heterocycles. The van der Waals surface area contributed by atoms with Crippen LogP contribution in [0.1, 0.15) is 84.5 Å². The fraction of sp³-hybridized carbons (Fsp3) is 0.356. The van der Waals surface area contributed by atoms with Gasteiger partial charge in [0.1, 0.15) is 12.2 Å². The molecule has 0 aromatic heterocycles. The lowest BCUT2D eigenvalue weighted by atomic mass is 9.97. The summed E-state index contributed by atoms with van der Waals surface area (Å²) in [5, 5.41) is -0.425. The van der Waals surface area contributed by atoms with E-state index in [1.54, 1.807) is 24.3 Å². The quantitative estimate of drug-likeness (QED) is 0.0803. The van der Waals surface area contributed by atoms with Crippen LogP contribution in [-0.2, 0) is 35.3 Å². The van der Waals surface area contributed by atoms with Crippen molar-refractivity contribution in [1.29, 1.82) is 0 Å². The number of methoxy groups -OCH3 is 1. The van der Waals surface area contributed by atoms with Crippen LogP contribution in [-0.4, -0.2) is 73.0 Å². The summed E-state index contributed by atoms with van der Waals surface area (Å²) >= 11 is 0. The zero-order chi connectivity index (χ0) is 52.4. The van der Waals surface area contributed by atoms with Gasteiger partial charge in [0.2, 0.25) is 11.5 Å². The van der Waals surface area contributed by atoms with Gasteiger partial charge in [-0.2, -0.15) is 0 Å². The smallest absolute Gasteiger partial charge is 0.338 e. The molecule has 0 unspecified atom stereocenters. The summed E-state index contributed by atoms with van der Waals surface area (Å²) in [4.78, 5) is 29.5. The van der Waals surface area contributed by atoms with Crippen LogP contribution in [0, 0.1) is 0 Å². The average Bonchev–Trinajstić information content (AvgIpc) is 4.12. The molecule has 15 heteroatoms. The fourth-order valence-corrected chi connectivity index (χ4v) is 11.1. The van der Waals surface area contributed by atoms with Crippen molar-refractivity contribution in [2.75, 3.05) is 13.7 Å². The summed E-state index contributed by atoms with van der Waals surface area (Å²) in [6.45, 7) is 21.3. The number of benzene rings is 6. The maximum Gasteiger partial charge on any atom is 0.338 e. The van der Waals surface area contributed by atoms with Gasteiger partial charge in [0.05, 0.1) is 17.7 Å². The Morgan fingerprint density at radius 3 is 1.23 bits per heavy atom. The average molecular weight is 1040 g/mol. The molecule has 4 aliphatic heterocycles. The van der Waals surface area contributed by atoms with Crippen LogP contribution in [0.15, 0.2) is 146 Å². The topological polar surface area (TPSA) is 136 Å². The maximum absolute atomic E-state index is 14.7. The fourth-order valence-electron chi connectivity index (χ4n) is 9.08. The first kappa shape index (κ1) is 50.9. The van der Waals surface area contributed by atoms with Gasteiger partial charge in [0, 0.05) is 29.4 Å². The molecule has 74 heavy (non-hydrogen) atoms. The Labute approximate surface area is 435 Å². The lowest BCUT2D eigenvalue weighted by molar-refractivity contribution is -0.234. The Kier molecular flexibility index (Phi) is 13.0. The number of carbonyl (C=O) groups excluding carboxylic acids is 2. The van der Waals surface area contributed by atoms with Gasteiger partial charge in [0.15, 0.2) is 41.5 Å². The predicted molar refractivity (Wildman–Crippen MR) is 282 cm³/mol. The van der Waals surface area contributed by atoms with Crippen LogP contribution < -0.4 is 27.8 Å². The number of hydrogen-bond donors (Lipinski definition) is 0. The van der Waals surface area contributed by atoms with Crippen LogP contribution in [0.2, 0.25) is 36.3 Å². The summed E-state index contributed by atoms with van der Waals surface area (Å²) in [7, 11) is -3.65. The zero-order valence-electron chi connectivity index (χ0n) is 43.8. The molecule has 0 N–H and O–H groups in total. The van der Waals surface area contributed by atoms with Crippen molar-refractivity contribution < 1.29 is 61.1 Å². The van der Waals surface area contributed by atoms with Crippen molar-refractivity contribution in [2.24, 2.45) is 0 Å². The SMILES string of the molecule is CO[C@@H]1[C@@H](OC(=O)c2cc3c(c(O[Si](C)(C)C(C)(C)C)c2)OC(c2ccccc2)(c2ccccc2)O3)[C@H]2OC[C@@H](O2)[C@H]1OC(=O)c1cc2c(c(O[Si](C)(C)C(C)(C)C)c1)OC(c1ccccc1)(c1ccccc1)O2. The van der Waals surface area contributed by atoms with Crippen LogP contribution in [0.25, 0.3) is 0 Å². The van der Waals surface area contributed by atoms with E-state index in [2.05, 4.69) is 67.7 Å². The van der Waals surface area contributed by atoms with Gasteiger partial charge < -0.3 is 51.5 Å². The highest BCUT2D eigenvalue weighted by Gasteiger charge is 2.56. The van der Waals surface area contributed by atoms with E-state index in [0.717, 1.165) is 22.3 Å². The van der Waals surface area contributed by atoms with Crippen LogP contribution in [0.3, 0.4) is 0 Å². The van der Waals surface area contributed by atoms with Gasteiger partial charge in [-0.15, -0.1) is 0 Å². The third-order valence-electron chi connectivity index (χ3n) is 15.2. The summed E-state index contributed by atoms with van der Waals surface area (Å²) in [5.41, 5.74) is 3.24. The molecule has 0 amide bonds. The normalized spacial score (nSPS) is 21.4. The Hall–Kier alpha value is -6.63. The van der Waals surface area contributed by atoms with Crippen molar-refractivity contribution in [3.05, 3.63) is 179 Å². The summed E-state index contributed by atoms with van der Waals surface area (Å²) < 4.78 is 72.7. The Bertz CT molecular complexity index is 2750. The summed E-state index contributed by atoms with van der Waals surface area (Å²) in [6, 6.07) is 45.0. The van der Waals surface area contributed by atoms with Crippen molar-refractivity contribution in [3.63, 3.8) is 0 Å².